The standard InChI is InChI=1S/C26H23FN6O2/c1-17-28-16-33(31-17)22-11-10-20(15-24(22)35-3)29-21-5-4-13-32-23(12-14-34-2)25(30-26(21)32)18-6-8-19(27)9-7-18/h4-16,29H,1-3H3/b14-12+. The number of nitrogens with one attached hydrogen (secondary N) is 1. The van der Waals surface area contributed by atoms with Crippen LogP contribution in [-0.2, 0) is 4.74 Å². The molecule has 176 valence electrons. The summed E-state index contributed by atoms with van der Waals surface area (Å²) >= 11 is 0. The Morgan fingerprint density at radius 1 is 1.06 bits per heavy atom. The number of methoxy groups -OCH3 is 2. The van der Waals surface area contributed by atoms with E-state index in [4.69, 9.17) is 14.5 Å². The van der Waals surface area contributed by atoms with Crippen LogP contribution in [-0.4, -0.2) is 38.4 Å². The molecular weight excluding hydrogens is 447 g/mol. The number of halogens is 1. The molecule has 0 aliphatic rings. The fourth-order valence-corrected chi connectivity index (χ4v) is 3.86. The Hall–Kier alpha value is -4.66. The summed E-state index contributed by atoms with van der Waals surface area (Å²) in [6, 6.07) is 15.9. The van der Waals surface area contributed by atoms with Crippen molar-refractivity contribution in [3.63, 3.8) is 0 Å². The van der Waals surface area contributed by atoms with Gasteiger partial charge in [-0.05, 0) is 61.5 Å². The lowest BCUT2D eigenvalue weighted by Crippen LogP contribution is -2.01. The van der Waals surface area contributed by atoms with Gasteiger partial charge in [-0.3, -0.25) is 4.40 Å². The minimum atomic E-state index is -0.299. The fourth-order valence-electron chi connectivity index (χ4n) is 3.86. The highest BCUT2D eigenvalue weighted by molar-refractivity contribution is 5.82. The number of ether oxygens (including phenoxy) is 2. The predicted octanol–water partition coefficient (Wildman–Crippen LogP) is 5.40. The summed E-state index contributed by atoms with van der Waals surface area (Å²) in [5.41, 5.74) is 5.41. The average molecular weight is 471 g/mol. The summed E-state index contributed by atoms with van der Waals surface area (Å²) in [4.78, 5) is 9.08. The zero-order valence-electron chi connectivity index (χ0n) is 19.4. The summed E-state index contributed by atoms with van der Waals surface area (Å²) < 4.78 is 27.9. The van der Waals surface area contributed by atoms with Crippen molar-refractivity contribution in [2.75, 3.05) is 19.5 Å². The smallest absolute Gasteiger partial charge is 0.161 e. The molecule has 0 saturated heterocycles. The van der Waals surface area contributed by atoms with E-state index in [1.807, 2.05) is 53.9 Å². The van der Waals surface area contributed by atoms with Gasteiger partial charge in [-0.15, -0.1) is 0 Å². The quantitative estimate of drug-likeness (QED) is 0.321. The molecule has 5 rings (SSSR count). The van der Waals surface area contributed by atoms with Gasteiger partial charge in [0.05, 0.1) is 37.6 Å². The summed E-state index contributed by atoms with van der Waals surface area (Å²) in [6.07, 6.45) is 7.00. The summed E-state index contributed by atoms with van der Waals surface area (Å²) in [6.45, 7) is 1.83. The van der Waals surface area contributed by atoms with Crippen molar-refractivity contribution >= 4 is 23.1 Å². The van der Waals surface area contributed by atoms with Crippen LogP contribution >= 0.6 is 0 Å². The molecule has 8 nitrogen and oxygen atoms in total. The second kappa shape index (κ2) is 9.30. The van der Waals surface area contributed by atoms with Crippen molar-refractivity contribution in [2.24, 2.45) is 0 Å². The van der Waals surface area contributed by atoms with Gasteiger partial charge in [-0.2, -0.15) is 5.10 Å². The average Bonchev–Trinajstić information content (AvgIpc) is 3.47. The Labute approximate surface area is 201 Å². The van der Waals surface area contributed by atoms with Crippen molar-refractivity contribution in [3.8, 4) is 22.7 Å². The Balaban J connectivity index is 1.57. The van der Waals surface area contributed by atoms with E-state index in [0.29, 0.717) is 22.9 Å². The van der Waals surface area contributed by atoms with Crippen molar-refractivity contribution in [2.45, 2.75) is 6.92 Å². The van der Waals surface area contributed by atoms with Crippen LogP contribution in [0, 0.1) is 12.7 Å². The molecular formula is C26H23FN6O2. The molecule has 0 saturated carbocycles. The Morgan fingerprint density at radius 3 is 2.60 bits per heavy atom. The lowest BCUT2D eigenvalue weighted by atomic mass is 10.1. The lowest BCUT2D eigenvalue weighted by Gasteiger charge is -2.12. The van der Waals surface area contributed by atoms with E-state index >= 15 is 0 Å². The van der Waals surface area contributed by atoms with E-state index in [1.54, 1.807) is 43.6 Å². The molecule has 0 aliphatic heterocycles. The van der Waals surface area contributed by atoms with Gasteiger partial charge in [0.15, 0.2) is 5.65 Å². The largest absolute Gasteiger partial charge is 0.504 e. The van der Waals surface area contributed by atoms with Crippen LogP contribution in [0.25, 0.3) is 28.7 Å². The van der Waals surface area contributed by atoms with Gasteiger partial charge >= 0.3 is 0 Å². The first-order valence-corrected chi connectivity index (χ1v) is 10.9. The van der Waals surface area contributed by atoms with Crippen LogP contribution in [0.2, 0.25) is 0 Å². The zero-order valence-corrected chi connectivity index (χ0v) is 19.4. The molecule has 0 radical (unpaired) electrons. The lowest BCUT2D eigenvalue weighted by molar-refractivity contribution is 0.341. The molecule has 0 atom stereocenters. The van der Waals surface area contributed by atoms with Gasteiger partial charge in [-0.25, -0.2) is 19.0 Å². The molecule has 5 aromatic rings. The summed E-state index contributed by atoms with van der Waals surface area (Å²) in [5, 5.41) is 7.81. The monoisotopic (exact) mass is 470 g/mol. The highest BCUT2D eigenvalue weighted by Crippen LogP contribution is 2.32. The Morgan fingerprint density at radius 2 is 1.89 bits per heavy atom. The zero-order chi connectivity index (χ0) is 24.4. The molecule has 0 amide bonds. The minimum Gasteiger partial charge on any atom is -0.504 e. The third-order valence-corrected chi connectivity index (χ3v) is 5.48. The van der Waals surface area contributed by atoms with Gasteiger partial charge < -0.3 is 14.8 Å². The molecule has 0 bridgehead atoms. The summed E-state index contributed by atoms with van der Waals surface area (Å²) in [5.74, 6) is 1.02. The van der Waals surface area contributed by atoms with Crippen LogP contribution in [0.15, 0.2) is 73.4 Å². The van der Waals surface area contributed by atoms with E-state index < -0.39 is 0 Å². The predicted molar refractivity (Wildman–Crippen MR) is 133 cm³/mol. The Kier molecular flexibility index (Phi) is 5.88. The normalized spacial score (nSPS) is 11.3. The molecule has 9 heteroatoms. The van der Waals surface area contributed by atoms with E-state index in [9.17, 15) is 4.39 Å². The van der Waals surface area contributed by atoms with Crippen LogP contribution in [0.1, 0.15) is 11.5 Å². The molecule has 0 unspecified atom stereocenters. The number of pyridine rings is 1. The van der Waals surface area contributed by atoms with Gasteiger partial charge in [0.2, 0.25) is 0 Å². The number of rotatable bonds is 7. The maximum atomic E-state index is 13.5. The second-order valence-electron chi connectivity index (χ2n) is 7.75. The third-order valence-electron chi connectivity index (χ3n) is 5.48. The molecule has 0 aliphatic carbocycles. The Bertz CT molecular complexity index is 1520. The van der Waals surface area contributed by atoms with Crippen LogP contribution in [0.3, 0.4) is 0 Å². The number of nitrogens with zero attached hydrogens (tertiary/aromatic N) is 5. The number of anilines is 2. The van der Waals surface area contributed by atoms with Gasteiger partial charge in [0, 0.05) is 23.5 Å². The minimum absolute atomic E-state index is 0.299. The molecule has 0 spiro atoms. The topological polar surface area (TPSA) is 78.5 Å². The first-order valence-electron chi connectivity index (χ1n) is 10.9. The van der Waals surface area contributed by atoms with Crippen molar-refractivity contribution in [1.82, 2.24) is 24.1 Å². The van der Waals surface area contributed by atoms with Crippen LogP contribution in [0.5, 0.6) is 5.75 Å². The van der Waals surface area contributed by atoms with E-state index in [2.05, 4.69) is 15.4 Å². The molecule has 1 N–H and O–H groups in total. The highest BCUT2D eigenvalue weighted by Gasteiger charge is 2.16. The number of aryl methyl sites for hydroxylation is 1. The fraction of sp³-hybridized carbons (Fsp3) is 0.115. The van der Waals surface area contributed by atoms with Crippen molar-refractivity contribution in [1.29, 1.82) is 0 Å². The molecule has 3 heterocycles. The molecule has 2 aromatic carbocycles. The van der Waals surface area contributed by atoms with Crippen LogP contribution < -0.4 is 10.1 Å². The first kappa shape index (κ1) is 22.1. The van der Waals surface area contributed by atoms with Gasteiger partial charge in [0.25, 0.3) is 0 Å². The van der Waals surface area contributed by atoms with E-state index in [1.165, 1.54) is 12.1 Å². The highest BCUT2D eigenvalue weighted by atomic mass is 19.1. The first-order chi connectivity index (χ1) is 17.1. The van der Waals surface area contributed by atoms with E-state index in [-0.39, 0.29) is 5.82 Å². The number of aromatic nitrogens is 5. The number of hydrogen-bond donors (Lipinski definition) is 1. The van der Waals surface area contributed by atoms with Gasteiger partial charge in [-0.1, -0.05) is 0 Å². The van der Waals surface area contributed by atoms with E-state index in [0.717, 1.165) is 28.3 Å². The number of fused-ring (bicyclic) bond motifs is 1. The second-order valence-corrected chi connectivity index (χ2v) is 7.75. The maximum Gasteiger partial charge on any atom is 0.161 e. The molecule has 35 heavy (non-hydrogen) atoms. The number of hydrogen-bond acceptors (Lipinski definition) is 6. The summed E-state index contributed by atoms with van der Waals surface area (Å²) in [7, 11) is 3.20. The molecule has 0 fully saturated rings. The maximum absolute atomic E-state index is 13.5. The molecule has 3 aromatic heterocycles. The number of benzene rings is 2. The third kappa shape index (κ3) is 4.31. The van der Waals surface area contributed by atoms with Crippen molar-refractivity contribution in [3.05, 3.63) is 90.7 Å². The number of imidazole rings is 1. The van der Waals surface area contributed by atoms with Crippen LogP contribution in [0.4, 0.5) is 15.8 Å². The SMILES string of the molecule is CO/C=C/c1c(-c2ccc(F)cc2)nc2c(Nc3ccc(-n4cnc(C)n4)c(OC)c3)cccn12. The van der Waals surface area contributed by atoms with Crippen molar-refractivity contribution < 1.29 is 13.9 Å². The van der Waals surface area contributed by atoms with Gasteiger partial charge in [0.1, 0.15) is 29.4 Å².